The molecular formula is C20H20N4O3S3. The maximum Gasteiger partial charge on any atom is 0.323 e. The van der Waals surface area contributed by atoms with Crippen molar-refractivity contribution in [1.29, 1.82) is 0 Å². The Morgan fingerprint density at radius 2 is 2.10 bits per heavy atom. The largest absolute Gasteiger partial charge is 0.870 e. The molecule has 0 unspecified atom stereocenters. The van der Waals surface area contributed by atoms with Crippen LogP contribution in [0, 0.1) is 6.92 Å². The molecule has 0 aliphatic carbocycles. The second-order valence-corrected chi connectivity index (χ2v) is 9.58. The standard InChI is InChI=1S/C20H20N4O3S3/c1-13-6-8-14(9-7-13)11-28-19-23-24-20(30-19)29-12-17(25)22-21-10-15-4-3-5-16(27-2)18(15)26/h3-10,26H,11-12H2,1-2H3,(H,22,25). The van der Waals surface area contributed by atoms with Gasteiger partial charge in [0.2, 0.25) is 4.34 Å². The van der Waals surface area contributed by atoms with Crippen LogP contribution in [-0.4, -0.2) is 30.1 Å². The number of rotatable bonds is 9. The molecule has 30 heavy (non-hydrogen) atoms. The van der Waals surface area contributed by atoms with Crippen molar-refractivity contribution in [3.05, 3.63) is 59.2 Å². The second-order valence-electron chi connectivity index (χ2n) is 6.11. The van der Waals surface area contributed by atoms with Crippen LogP contribution >= 0.6 is 34.9 Å². The number of H-pyrrole nitrogens is 1. The second kappa shape index (κ2) is 11.0. The van der Waals surface area contributed by atoms with Crippen LogP contribution < -0.4 is 20.4 Å². The fourth-order valence-electron chi connectivity index (χ4n) is 2.30. The SMILES string of the molecule is COc1cccc(C=NNC(=O)CSc2n[nH+]c(SCc3ccc(C)cc3)s2)c1[O-]. The molecule has 2 N–H and O–H groups in total. The molecule has 0 saturated carbocycles. The lowest BCUT2D eigenvalue weighted by atomic mass is 10.2. The fraction of sp³-hybridized carbons (Fsp3) is 0.200. The number of carbonyl (C=O) groups is 1. The minimum atomic E-state index is -0.282. The summed E-state index contributed by atoms with van der Waals surface area (Å²) >= 11 is 4.51. The number of ether oxygens (including phenoxy) is 1. The minimum absolute atomic E-state index is 0.170. The number of aromatic amines is 1. The lowest BCUT2D eigenvalue weighted by molar-refractivity contribution is -0.492. The molecule has 1 amide bonds. The van der Waals surface area contributed by atoms with E-state index in [-0.39, 0.29) is 23.2 Å². The first kappa shape index (κ1) is 22.1. The predicted octanol–water partition coefficient (Wildman–Crippen LogP) is 2.88. The van der Waals surface area contributed by atoms with Crippen molar-refractivity contribution in [2.24, 2.45) is 5.10 Å². The molecule has 3 rings (SSSR count). The third kappa shape index (κ3) is 6.48. The van der Waals surface area contributed by atoms with Crippen molar-refractivity contribution < 1.29 is 19.7 Å². The molecular weight excluding hydrogens is 440 g/mol. The van der Waals surface area contributed by atoms with Gasteiger partial charge in [0.15, 0.2) is 0 Å². The third-order valence-corrected chi connectivity index (χ3v) is 7.18. The van der Waals surface area contributed by atoms with Gasteiger partial charge in [0.1, 0.15) is 5.75 Å². The molecule has 0 atom stereocenters. The molecule has 1 heterocycles. The maximum absolute atomic E-state index is 12.0. The molecule has 0 spiro atoms. The Morgan fingerprint density at radius 1 is 1.30 bits per heavy atom. The van der Waals surface area contributed by atoms with Gasteiger partial charge in [-0.25, -0.2) is 5.43 Å². The van der Waals surface area contributed by atoms with Gasteiger partial charge in [-0.05, 0) is 47.2 Å². The van der Waals surface area contributed by atoms with Gasteiger partial charge in [-0.15, -0.1) is 0 Å². The van der Waals surface area contributed by atoms with Gasteiger partial charge < -0.3 is 9.84 Å². The van der Waals surface area contributed by atoms with Crippen LogP contribution in [0.2, 0.25) is 0 Å². The fourth-order valence-corrected chi connectivity index (χ4v) is 5.14. The average molecular weight is 461 g/mol. The number of methoxy groups -OCH3 is 1. The Labute approximate surface area is 187 Å². The van der Waals surface area contributed by atoms with E-state index in [9.17, 15) is 9.90 Å². The van der Waals surface area contributed by atoms with Crippen LogP contribution in [-0.2, 0) is 10.5 Å². The highest BCUT2D eigenvalue weighted by Crippen LogP contribution is 2.28. The number of amides is 1. The summed E-state index contributed by atoms with van der Waals surface area (Å²) in [5, 5.41) is 23.1. The van der Waals surface area contributed by atoms with Crippen molar-refractivity contribution in [2.45, 2.75) is 21.4 Å². The van der Waals surface area contributed by atoms with E-state index < -0.39 is 0 Å². The first-order valence-corrected chi connectivity index (χ1v) is 11.7. The number of carbonyl (C=O) groups excluding carboxylic acids is 1. The van der Waals surface area contributed by atoms with Crippen molar-refractivity contribution >= 4 is 47.0 Å². The van der Waals surface area contributed by atoms with Crippen LogP contribution in [0.5, 0.6) is 11.5 Å². The molecule has 156 valence electrons. The average Bonchev–Trinajstić information content (AvgIpc) is 3.21. The van der Waals surface area contributed by atoms with Gasteiger partial charge in [-0.3, -0.25) is 4.79 Å². The van der Waals surface area contributed by atoms with E-state index in [0.717, 1.165) is 14.4 Å². The van der Waals surface area contributed by atoms with Gasteiger partial charge in [-0.2, -0.15) is 5.10 Å². The molecule has 10 heteroatoms. The van der Waals surface area contributed by atoms with Crippen LogP contribution in [0.15, 0.2) is 56.2 Å². The van der Waals surface area contributed by atoms with Gasteiger partial charge in [-0.1, -0.05) is 64.6 Å². The molecule has 3 aromatic rings. The van der Waals surface area contributed by atoms with E-state index in [2.05, 4.69) is 51.9 Å². The Hall–Kier alpha value is -2.56. The smallest absolute Gasteiger partial charge is 0.323 e. The topological polar surface area (TPSA) is 101 Å². The molecule has 0 fully saturated rings. The first-order chi connectivity index (χ1) is 14.5. The van der Waals surface area contributed by atoms with Gasteiger partial charge in [0.25, 0.3) is 5.91 Å². The van der Waals surface area contributed by atoms with Crippen LogP contribution in [0.4, 0.5) is 0 Å². The zero-order valence-electron chi connectivity index (χ0n) is 16.4. The molecule has 0 aliphatic heterocycles. The summed E-state index contributed by atoms with van der Waals surface area (Å²) in [4.78, 5) is 12.0. The van der Waals surface area contributed by atoms with Crippen LogP contribution in [0.25, 0.3) is 0 Å². The Morgan fingerprint density at radius 3 is 2.87 bits per heavy atom. The molecule has 7 nitrogen and oxygen atoms in total. The number of para-hydroxylation sites is 1. The monoisotopic (exact) mass is 460 g/mol. The Kier molecular flexibility index (Phi) is 8.12. The minimum Gasteiger partial charge on any atom is -0.870 e. The summed E-state index contributed by atoms with van der Waals surface area (Å²) in [5.41, 5.74) is 5.24. The van der Waals surface area contributed by atoms with E-state index in [1.807, 2.05) is 0 Å². The molecule has 0 radical (unpaired) electrons. The number of hydrogen-bond acceptors (Lipinski definition) is 8. The summed E-state index contributed by atoms with van der Waals surface area (Å²) in [6.45, 7) is 2.07. The summed E-state index contributed by atoms with van der Waals surface area (Å²) in [5.74, 6) is 0.696. The zero-order valence-corrected chi connectivity index (χ0v) is 18.8. The molecule has 2 aromatic carbocycles. The molecule has 1 aromatic heterocycles. The van der Waals surface area contributed by atoms with Crippen LogP contribution in [0.1, 0.15) is 16.7 Å². The summed E-state index contributed by atoms with van der Waals surface area (Å²) < 4.78 is 6.73. The van der Waals surface area contributed by atoms with Crippen LogP contribution in [0.3, 0.4) is 0 Å². The van der Waals surface area contributed by atoms with Crippen molar-refractivity contribution in [3.8, 4) is 11.5 Å². The Bertz CT molecular complexity index is 1020. The maximum atomic E-state index is 12.0. The lowest BCUT2D eigenvalue weighted by Gasteiger charge is -2.14. The summed E-state index contributed by atoms with van der Waals surface area (Å²) in [7, 11) is 1.43. The van der Waals surface area contributed by atoms with Gasteiger partial charge in [0.05, 0.1) is 19.1 Å². The van der Waals surface area contributed by atoms with E-state index in [4.69, 9.17) is 4.74 Å². The quantitative estimate of drug-likeness (QED) is 0.299. The first-order valence-electron chi connectivity index (χ1n) is 8.90. The van der Waals surface area contributed by atoms with E-state index in [0.29, 0.717) is 5.56 Å². The normalized spacial score (nSPS) is 11.0. The number of benzene rings is 2. The van der Waals surface area contributed by atoms with E-state index in [1.54, 1.807) is 30.0 Å². The predicted molar refractivity (Wildman–Crippen MR) is 118 cm³/mol. The van der Waals surface area contributed by atoms with Gasteiger partial charge >= 0.3 is 4.34 Å². The van der Waals surface area contributed by atoms with E-state index in [1.165, 1.54) is 47.5 Å². The highest BCUT2D eigenvalue weighted by Gasteiger charge is 2.13. The number of aryl methyl sites for hydroxylation is 1. The number of hydrazone groups is 1. The Balaban J connectivity index is 1.43. The third-order valence-electron chi connectivity index (χ3n) is 3.86. The van der Waals surface area contributed by atoms with Crippen molar-refractivity contribution in [3.63, 3.8) is 0 Å². The highest BCUT2D eigenvalue weighted by molar-refractivity contribution is 8.03. The number of nitrogens with one attached hydrogen (secondary N) is 2. The summed E-state index contributed by atoms with van der Waals surface area (Å²) in [6.07, 6.45) is 1.31. The highest BCUT2D eigenvalue weighted by atomic mass is 32.2. The molecule has 0 bridgehead atoms. The molecule has 0 saturated heterocycles. The van der Waals surface area contributed by atoms with Crippen molar-refractivity contribution in [1.82, 2.24) is 10.5 Å². The number of hydrogen-bond donors (Lipinski definition) is 1. The lowest BCUT2D eigenvalue weighted by Crippen LogP contribution is -2.19. The number of thioether (sulfide) groups is 2. The van der Waals surface area contributed by atoms with E-state index >= 15 is 0 Å². The van der Waals surface area contributed by atoms with Gasteiger partial charge in [0, 0.05) is 10.9 Å². The zero-order chi connectivity index (χ0) is 21.3. The molecule has 0 aliphatic rings. The summed E-state index contributed by atoms with van der Waals surface area (Å²) in [6, 6.07) is 13.3. The van der Waals surface area contributed by atoms with Crippen molar-refractivity contribution in [2.75, 3.05) is 12.9 Å². The number of aromatic nitrogens is 2. The number of nitrogens with zero attached hydrogens (tertiary/aromatic N) is 2.